The van der Waals surface area contributed by atoms with Crippen molar-refractivity contribution >= 4 is 11.8 Å². The maximum atomic E-state index is 13.4. The van der Waals surface area contributed by atoms with E-state index in [1.165, 1.54) is 12.1 Å². The fraction of sp³-hybridized carbons (Fsp3) is 0.158. The minimum Gasteiger partial charge on any atom is -0.392 e. The lowest BCUT2D eigenvalue weighted by Crippen LogP contribution is -2.28. The summed E-state index contributed by atoms with van der Waals surface area (Å²) in [6, 6.07) is 14.7. The van der Waals surface area contributed by atoms with Crippen molar-refractivity contribution in [1.29, 1.82) is 0 Å². The molecule has 0 aliphatic rings. The Bertz CT molecular complexity index is 923. The molecule has 0 radical (unpaired) electrons. The Labute approximate surface area is 150 Å². The first kappa shape index (κ1) is 17.6. The molecule has 0 aliphatic heterocycles. The van der Waals surface area contributed by atoms with E-state index in [0.717, 1.165) is 16.8 Å². The second kappa shape index (κ2) is 7.79. The van der Waals surface area contributed by atoms with Crippen LogP contribution < -0.4 is 10.6 Å². The van der Waals surface area contributed by atoms with Gasteiger partial charge in [-0.05, 0) is 36.2 Å². The number of benzene rings is 2. The number of nitrogens with zero attached hydrogens (tertiary/aromatic N) is 2. The van der Waals surface area contributed by atoms with E-state index in [4.69, 9.17) is 0 Å². The summed E-state index contributed by atoms with van der Waals surface area (Å²) in [6.07, 6.45) is 0. The predicted octanol–water partition coefficient (Wildman–Crippen LogP) is 3.13. The van der Waals surface area contributed by atoms with E-state index in [2.05, 4.69) is 15.7 Å². The molecule has 0 fully saturated rings. The molecule has 3 N–H and O–H groups in total. The van der Waals surface area contributed by atoms with Crippen LogP contribution in [-0.4, -0.2) is 20.9 Å². The molecule has 134 valence electrons. The van der Waals surface area contributed by atoms with E-state index in [1.54, 1.807) is 28.9 Å². The van der Waals surface area contributed by atoms with Crippen LogP contribution in [0.5, 0.6) is 0 Å². The Kier molecular flexibility index (Phi) is 5.28. The maximum absolute atomic E-state index is 13.4. The van der Waals surface area contributed by atoms with Gasteiger partial charge < -0.3 is 10.4 Å². The quantitative estimate of drug-likeness (QED) is 0.659. The third kappa shape index (κ3) is 4.07. The van der Waals surface area contributed by atoms with Crippen LogP contribution >= 0.6 is 0 Å². The molecule has 0 saturated heterocycles. The fourth-order valence-electron chi connectivity index (χ4n) is 2.63. The van der Waals surface area contributed by atoms with Gasteiger partial charge in [-0.1, -0.05) is 30.3 Å². The van der Waals surface area contributed by atoms with Gasteiger partial charge in [0.05, 0.1) is 12.3 Å². The van der Waals surface area contributed by atoms with Gasteiger partial charge in [-0.3, -0.25) is 5.32 Å². The predicted molar refractivity (Wildman–Crippen MR) is 96.5 cm³/mol. The lowest BCUT2D eigenvalue weighted by atomic mass is 10.1. The van der Waals surface area contributed by atoms with Crippen LogP contribution in [0.25, 0.3) is 5.69 Å². The molecule has 6 nitrogen and oxygen atoms in total. The summed E-state index contributed by atoms with van der Waals surface area (Å²) in [7, 11) is 0. The highest BCUT2D eigenvalue weighted by molar-refractivity contribution is 5.88. The number of rotatable bonds is 5. The lowest BCUT2D eigenvalue weighted by Gasteiger charge is -2.09. The number of halogens is 1. The maximum Gasteiger partial charge on any atom is 0.320 e. The monoisotopic (exact) mass is 354 g/mol. The molecule has 0 spiro atoms. The molecule has 0 unspecified atom stereocenters. The summed E-state index contributed by atoms with van der Waals surface area (Å²) in [5, 5.41) is 19.0. The fourth-order valence-corrected chi connectivity index (χ4v) is 2.63. The number of hydrogen-bond acceptors (Lipinski definition) is 3. The normalized spacial score (nSPS) is 10.6. The smallest absolute Gasteiger partial charge is 0.320 e. The number of carbonyl (C=O) groups excluding carboxylic acids is 1. The standard InChI is InChI=1S/C19H19FN4O2/c1-13-9-18(23-24(13)17-8-4-7-16(20)10-17)22-19(26)21-11-14-5-2-3-6-15(14)12-25/h2-10,25H,11-12H2,1H3,(H2,21,22,23,26). The van der Waals surface area contributed by atoms with Crippen molar-refractivity contribution in [2.45, 2.75) is 20.1 Å². The van der Waals surface area contributed by atoms with Crippen molar-refractivity contribution < 1.29 is 14.3 Å². The molecule has 0 atom stereocenters. The number of hydrogen-bond donors (Lipinski definition) is 3. The van der Waals surface area contributed by atoms with Crippen molar-refractivity contribution in [3.8, 4) is 5.69 Å². The molecule has 1 heterocycles. The first-order valence-electron chi connectivity index (χ1n) is 8.12. The molecular weight excluding hydrogens is 335 g/mol. The summed E-state index contributed by atoms with van der Waals surface area (Å²) in [5.41, 5.74) is 2.94. The number of aliphatic hydroxyl groups excluding tert-OH is 1. The molecule has 2 amide bonds. The average molecular weight is 354 g/mol. The number of anilines is 1. The second-order valence-electron chi connectivity index (χ2n) is 5.80. The minimum absolute atomic E-state index is 0.0866. The van der Waals surface area contributed by atoms with Crippen molar-refractivity contribution in [1.82, 2.24) is 15.1 Å². The Morgan fingerprint density at radius 3 is 2.65 bits per heavy atom. The zero-order valence-electron chi connectivity index (χ0n) is 14.2. The number of urea groups is 1. The van der Waals surface area contributed by atoms with Gasteiger partial charge in [0.15, 0.2) is 5.82 Å². The molecule has 0 aliphatic carbocycles. The van der Waals surface area contributed by atoms with Crippen LogP contribution in [0.3, 0.4) is 0 Å². The van der Waals surface area contributed by atoms with Crippen LogP contribution in [0, 0.1) is 12.7 Å². The largest absolute Gasteiger partial charge is 0.392 e. The van der Waals surface area contributed by atoms with E-state index >= 15 is 0 Å². The molecule has 26 heavy (non-hydrogen) atoms. The van der Waals surface area contributed by atoms with Crippen LogP contribution in [-0.2, 0) is 13.2 Å². The Morgan fingerprint density at radius 2 is 1.92 bits per heavy atom. The molecule has 0 bridgehead atoms. The number of nitrogens with one attached hydrogen (secondary N) is 2. The molecule has 7 heteroatoms. The third-order valence-corrected chi connectivity index (χ3v) is 3.91. The number of amides is 2. The van der Waals surface area contributed by atoms with Crippen LogP contribution in [0.2, 0.25) is 0 Å². The highest BCUT2D eigenvalue weighted by Gasteiger charge is 2.10. The van der Waals surface area contributed by atoms with Gasteiger partial charge in [0.1, 0.15) is 5.82 Å². The molecule has 1 aromatic heterocycles. The zero-order valence-corrected chi connectivity index (χ0v) is 14.2. The Balaban J connectivity index is 1.66. The Morgan fingerprint density at radius 1 is 1.15 bits per heavy atom. The van der Waals surface area contributed by atoms with Gasteiger partial charge in [-0.2, -0.15) is 0 Å². The number of carbonyl (C=O) groups is 1. The summed E-state index contributed by atoms with van der Waals surface area (Å²) in [6.45, 7) is 2.02. The van der Waals surface area contributed by atoms with Crippen molar-refractivity contribution in [3.05, 3.63) is 77.2 Å². The Hall–Kier alpha value is -3.19. The van der Waals surface area contributed by atoms with Gasteiger partial charge in [-0.25, -0.2) is 13.9 Å². The topological polar surface area (TPSA) is 79.2 Å². The molecule has 0 saturated carbocycles. The molecule has 2 aromatic carbocycles. The third-order valence-electron chi connectivity index (χ3n) is 3.91. The first-order chi connectivity index (χ1) is 12.6. The lowest BCUT2D eigenvalue weighted by molar-refractivity contribution is 0.251. The van der Waals surface area contributed by atoms with E-state index in [9.17, 15) is 14.3 Å². The minimum atomic E-state index is -0.415. The first-order valence-corrected chi connectivity index (χ1v) is 8.12. The highest BCUT2D eigenvalue weighted by Crippen LogP contribution is 2.16. The molecule has 3 aromatic rings. The molecular formula is C19H19FN4O2. The number of aromatic nitrogens is 2. The van der Waals surface area contributed by atoms with Crippen LogP contribution in [0.1, 0.15) is 16.8 Å². The van der Waals surface area contributed by atoms with Gasteiger partial charge in [0.2, 0.25) is 0 Å². The SMILES string of the molecule is Cc1cc(NC(=O)NCc2ccccc2CO)nn1-c1cccc(F)c1. The van der Waals surface area contributed by atoms with Crippen molar-refractivity contribution in [2.24, 2.45) is 0 Å². The summed E-state index contributed by atoms with van der Waals surface area (Å²) < 4.78 is 14.9. The molecule has 3 rings (SSSR count). The van der Waals surface area contributed by atoms with Gasteiger partial charge in [0.25, 0.3) is 0 Å². The van der Waals surface area contributed by atoms with Gasteiger partial charge >= 0.3 is 6.03 Å². The zero-order chi connectivity index (χ0) is 18.5. The van der Waals surface area contributed by atoms with E-state index in [0.29, 0.717) is 11.5 Å². The number of aliphatic hydroxyl groups is 1. The van der Waals surface area contributed by atoms with Crippen molar-refractivity contribution in [3.63, 3.8) is 0 Å². The van der Waals surface area contributed by atoms with E-state index in [1.807, 2.05) is 25.1 Å². The summed E-state index contributed by atoms with van der Waals surface area (Å²) >= 11 is 0. The highest BCUT2D eigenvalue weighted by atomic mass is 19.1. The summed E-state index contributed by atoms with van der Waals surface area (Å²) in [5.74, 6) is 0.00639. The number of aryl methyl sites for hydroxylation is 1. The van der Waals surface area contributed by atoms with Crippen LogP contribution in [0.15, 0.2) is 54.6 Å². The average Bonchev–Trinajstić information content (AvgIpc) is 3.00. The van der Waals surface area contributed by atoms with Crippen LogP contribution in [0.4, 0.5) is 15.0 Å². The second-order valence-corrected chi connectivity index (χ2v) is 5.80. The van der Waals surface area contributed by atoms with Gasteiger partial charge in [0, 0.05) is 18.3 Å². The van der Waals surface area contributed by atoms with E-state index < -0.39 is 6.03 Å². The van der Waals surface area contributed by atoms with Crippen molar-refractivity contribution in [2.75, 3.05) is 5.32 Å². The van der Waals surface area contributed by atoms with Gasteiger partial charge in [-0.15, -0.1) is 5.10 Å². The van der Waals surface area contributed by atoms with E-state index in [-0.39, 0.29) is 19.0 Å². The summed E-state index contributed by atoms with van der Waals surface area (Å²) in [4.78, 5) is 12.1.